The van der Waals surface area contributed by atoms with Gasteiger partial charge in [-0.3, -0.25) is 4.68 Å². The maximum atomic E-state index is 9.34. The molecule has 1 atom stereocenters. The van der Waals surface area contributed by atoms with Crippen LogP contribution < -0.4 is 10.6 Å². The second kappa shape index (κ2) is 8.84. The fourth-order valence-corrected chi connectivity index (χ4v) is 4.13. The highest BCUT2D eigenvalue weighted by molar-refractivity contribution is 6.76. The molecule has 1 aromatic carbocycles. The van der Waals surface area contributed by atoms with Crippen molar-refractivity contribution in [3.05, 3.63) is 60.7 Å². The van der Waals surface area contributed by atoms with E-state index < -0.39 is 8.07 Å². The van der Waals surface area contributed by atoms with E-state index in [4.69, 9.17) is 15.6 Å². The van der Waals surface area contributed by atoms with E-state index in [2.05, 4.69) is 35.8 Å². The average Bonchev–Trinajstić information content (AvgIpc) is 3.38. The Labute approximate surface area is 188 Å². The van der Waals surface area contributed by atoms with Crippen molar-refractivity contribution in [2.45, 2.75) is 38.1 Å². The van der Waals surface area contributed by atoms with Crippen LogP contribution in [0.5, 0.6) is 0 Å². The van der Waals surface area contributed by atoms with Crippen LogP contribution in [0.15, 0.2) is 55.1 Å². The number of hydrogen-bond donors (Lipinski definition) is 1. The highest BCUT2D eigenvalue weighted by Gasteiger charge is 2.18. The Morgan fingerprint density at radius 2 is 2.06 bits per heavy atom. The normalized spacial score (nSPS) is 12.6. The SMILES string of the molecule is C[Si](C)(C)CCOn1ccc2cnc(-c3cnn(C(CC#N)c4cccc(N)c4)c3)nc21. The third-order valence-corrected chi connectivity index (χ3v) is 6.94. The van der Waals surface area contributed by atoms with E-state index in [-0.39, 0.29) is 12.5 Å². The summed E-state index contributed by atoms with van der Waals surface area (Å²) in [5.74, 6) is 0.556. The third kappa shape index (κ3) is 4.81. The standard InChI is InChI=1S/C23H27N7OSi/c1-32(2,3)12-11-31-30-10-8-18-14-26-22(28-23(18)30)19-15-27-29(16-19)21(7-9-24)17-5-4-6-20(25)13-17/h4-6,8,10,13-16,21H,7,11-12,25H2,1-3H3. The first-order valence-electron chi connectivity index (χ1n) is 10.6. The van der Waals surface area contributed by atoms with Gasteiger partial charge < -0.3 is 10.6 Å². The van der Waals surface area contributed by atoms with Crippen LogP contribution in [0, 0.1) is 11.3 Å². The van der Waals surface area contributed by atoms with Crippen LogP contribution in [0.25, 0.3) is 22.4 Å². The van der Waals surface area contributed by atoms with Crippen LogP contribution >= 0.6 is 0 Å². The molecule has 3 heterocycles. The topological polar surface area (TPSA) is 108 Å². The van der Waals surface area contributed by atoms with Gasteiger partial charge >= 0.3 is 0 Å². The quantitative estimate of drug-likeness (QED) is 0.322. The number of benzene rings is 1. The van der Waals surface area contributed by atoms with Gasteiger partial charge in [-0.1, -0.05) is 31.8 Å². The summed E-state index contributed by atoms with van der Waals surface area (Å²) in [4.78, 5) is 15.2. The van der Waals surface area contributed by atoms with Crippen molar-refractivity contribution >= 4 is 24.8 Å². The number of fused-ring (bicyclic) bond motifs is 1. The molecule has 0 aliphatic heterocycles. The number of aromatic nitrogens is 5. The van der Waals surface area contributed by atoms with E-state index in [9.17, 15) is 5.26 Å². The summed E-state index contributed by atoms with van der Waals surface area (Å²) in [7, 11) is -1.18. The zero-order valence-electron chi connectivity index (χ0n) is 18.6. The summed E-state index contributed by atoms with van der Waals surface area (Å²) in [6.07, 6.45) is 7.53. The maximum absolute atomic E-state index is 9.34. The minimum absolute atomic E-state index is 0.241. The van der Waals surface area contributed by atoms with Crippen LogP contribution in [-0.4, -0.2) is 39.2 Å². The number of rotatable bonds is 8. The van der Waals surface area contributed by atoms with E-state index in [1.54, 1.807) is 21.8 Å². The smallest absolute Gasteiger partial charge is 0.179 e. The molecule has 0 bridgehead atoms. The number of nitriles is 1. The van der Waals surface area contributed by atoms with Gasteiger partial charge in [0.15, 0.2) is 11.5 Å². The summed E-state index contributed by atoms with van der Waals surface area (Å²) >= 11 is 0. The molecular weight excluding hydrogens is 418 g/mol. The largest absolute Gasteiger partial charge is 0.413 e. The van der Waals surface area contributed by atoms with E-state index in [0.29, 0.717) is 18.1 Å². The molecule has 0 saturated heterocycles. The van der Waals surface area contributed by atoms with Gasteiger partial charge in [-0.25, -0.2) is 9.97 Å². The van der Waals surface area contributed by atoms with Crippen molar-refractivity contribution in [3.8, 4) is 17.5 Å². The Kier molecular flexibility index (Phi) is 5.96. The molecule has 0 aliphatic carbocycles. The lowest BCUT2D eigenvalue weighted by Gasteiger charge is -2.16. The van der Waals surface area contributed by atoms with Crippen LogP contribution in [0.2, 0.25) is 25.7 Å². The molecule has 4 aromatic rings. The first kappa shape index (κ1) is 21.6. The molecule has 0 amide bonds. The molecule has 32 heavy (non-hydrogen) atoms. The highest BCUT2D eigenvalue weighted by atomic mass is 28.3. The molecular formula is C23H27N7OSi. The van der Waals surface area contributed by atoms with Crippen molar-refractivity contribution in [2.24, 2.45) is 0 Å². The fraction of sp³-hybridized carbons (Fsp3) is 0.304. The van der Waals surface area contributed by atoms with E-state index in [1.807, 2.05) is 42.7 Å². The molecule has 1 unspecified atom stereocenters. The zero-order chi connectivity index (χ0) is 22.7. The Morgan fingerprint density at radius 3 is 2.81 bits per heavy atom. The van der Waals surface area contributed by atoms with Gasteiger partial charge in [-0.15, -0.1) is 0 Å². The van der Waals surface area contributed by atoms with E-state index in [0.717, 1.165) is 28.2 Å². The summed E-state index contributed by atoms with van der Waals surface area (Å²) in [6.45, 7) is 7.63. The van der Waals surface area contributed by atoms with Gasteiger partial charge in [0.05, 0.1) is 30.3 Å². The van der Waals surface area contributed by atoms with Crippen LogP contribution in [0.1, 0.15) is 18.0 Å². The van der Waals surface area contributed by atoms with Gasteiger partial charge in [0.2, 0.25) is 0 Å². The molecule has 8 nitrogen and oxygen atoms in total. The Balaban J connectivity index is 1.61. The lowest BCUT2D eigenvalue weighted by Crippen LogP contribution is -2.25. The minimum atomic E-state index is -1.18. The van der Waals surface area contributed by atoms with Crippen LogP contribution in [0.4, 0.5) is 5.69 Å². The maximum Gasteiger partial charge on any atom is 0.179 e. The number of nitrogens with zero attached hydrogens (tertiary/aromatic N) is 6. The number of nitrogen functional groups attached to an aromatic ring is 1. The molecule has 0 saturated carbocycles. The predicted octanol–water partition coefficient (Wildman–Crippen LogP) is 4.15. The van der Waals surface area contributed by atoms with Gasteiger partial charge in [-0.2, -0.15) is 15.1 Å². The summed E-state index contributed by atoms with van der Waals surface area (Å²) < 4.78 is 3.49. The van der Waals surface area contributed by atoms with Crippen molar-refractivity contribution < 1.29 is 4.84 Å². The second-order valence-corrected chi connectivity index (χ2v) is 14.6. The molecule has 3 aromatic heterocycles. The minimum Gasteiger partial charge on any atom is -0.413 e. The zero-order valence-corrected chi connectivity index (χ0v) is 19.6. The van der Waals surface area contributed by atoms with Gasteiger partial charge in [-0.05, 0) is 29.8 Å². The van der Waals surface area contributed by atoms with Crippen molar-refractivity contribution in [1.82, 2.24) is 24.5 Å². The fourth-order valence-electron chi connectivity index (χ4n) is 3.43. The third-order valence-electron chi connectivity index (χ3n) is 5.24. The lowest BCUT2D eigenvalue weighted by molar-refractivity contribution is 0.130. The van der Waals surface area contributed by atoms with E-state index in [1.165, 1.54) is 0 Å². The molecule has 2 N–H and O–H groups in total. The predicted molar refractivity (Wildman–Crippen MR) is 128 cm³/mol. The van der Waals surface area contributed by atoms with Crippen LogP contribution in [0.3, 0.4) is 0 Å². The monoisotopic (exact) mass is 445 g/mol. The number of hydrogen-bond acceptors (Lipinski definition) is 6. The molecule has 0 radical (unpaired) electrons. The van der Waals surface area contributed by atoms with Gasteiger partial charge in [0.25, 0.3) is 0 Å². The highest BCUT2D eigenvalue weighted by Crippen LogP contribution is 2.26. The molecule has 0 fully saturated rings. The molecule has 164 valence electrons. The summed E-state index contributed by atoms with van der Waals surface area (Å²) in [5.41, 5.74) is 9.02. The Hall–Kier alpha value is -3.64. The van der Waals surface area contributed by atoms with Crippen molar-refractivity contribution in [1.29, 1.82) is 5.26 Å². The first-order chi connectivity index (χ1) is 15.3. The molecule has 9 heteroatoms. The second-order valence-electron chi connectivity index (χ2n) is 9.02. The van der Waals surface area contributed by atoms with Crippen LogP contribution in [-0.2, 0) is 0 Å². The number of nitrogens with two attached hydrogens (primary N) is 1. The lowest BCUT2D eigenvalue weighted by atomic mass is 10.0. The Morgan fingerprint density at radius 1 is 1.22 bits per heavy atom. The molecule has 0 aliphatic rings. The summed E-state index contributed by atoms with van der Waals surface area (Å²) in [6, 6.07) is 12.5. The van der Waals surface area contributed by atoms with Crippen molar-refractivity contribution in [2.75, 3.05) is 12.3 Å². The van der Waals surface area contributed by atoms with Gasteiger partial charge in [0, 0.05) is 37.7 Å². The average molecular weight is 446 g/mol. The Bertz CT molecular complexity index is 1270. The van der Waals surface area contributed by atoms with Crippen molar-refractivity contribution in [3.63, 3.8) is 0 Å². The van der Waals surface area contributed by atoms with Gasteiger partial charge in [0.1, 0.15) is 6.61 Å². The summed E-state index contributed by atoms with van der Waals surface area (Å²) in [5, 5.41) is 14.7. The van der Waals surface area contributed by atoms with E-state index >= 15 is 0 Å². The first-order valence-corrected chi connectivity index (χ1v) is 14.3. The number of anilines is 1. The molecule has 4 rings (SSSR count). The molecule has 0 spiro atoms.